The van der Waals surface area contributed by atoms with E-state index >= 15 is 0 Å². The Balaban J connectivity index is 2.30. The van der Waals surface area contributed by atoms with Gasteiger partial charge in [-0.25, -0.2) is 0 Å². The van der Waals surface area contributed by atoms with Gasteiger partial charge in [0.2, 0.25) is 0 Å². The second-order valence-electron chi connectivity index (χ2n) is 5.46. The second-order valence-corrected chi connectivity index (χ2v) is 5.46. The maximum absolute atomic E-state index is 5.95. The van der Waals surface area contributed by atoms with Gasteiger partial charge in [0.05, 0.1) is 16.8 Å². The van der Waals surface area contributed by atoms with Gasteiger partial charge in [-0.05, 0) is 40.2 Å². The van der Waals surface area contributed by atoms with Crippen molar-refractivity contribution < 1.29 is 9.31 Å². The molecule has 2 heterocycles. The number of rotatable bonds is 1. The van der Waals surface area contributed by atoms with Gasteiger partial charge in [-0.1, -0.05) is 0 Å². The number of hydrogen-bond donors (Lipinski definition) is 0. The van der Waals surface area contributed by atoms with E-state index in [1.54, 1.807) is 4.68 Å². The Bertz CT molecular complexity index is 396. The summed E-state index contributed by atoms with van der Waals surface area (Å²) in [4.78, 5) is 0. The van der Waals surface area contributed by atoms with Crippen LogP contribution < -0.4 is 5.59 Å². The van der Waals surface area contributed by atoms with Gasteiger partial charge < -0.3 is 9.31 Å². The second kappa shape index (κ2) is 3.34. The Morgan fingerprint density at radius 2 is 1.69 bits per heavy atom. The van der Waals surface area contributed by atoms with Crippen LogP contribution in [0.15, 0.2) is 6.20 Å². The number of aromatic nitrogens is 2. The highest BCUT2D eigenvalue weighted by atomic mass is 16.7. The Labute approximate surface area is 97.1 Å². The monoisotopic (exact) mass is 222 g/mol. The molecule has 0 spiro atoms. The van der Waals surface area contributed by atoms with E-state index in [4.69, 9.17) is 9.31 Å². The first-order chi connectivity index (χ1) is 7.23. The summed E-state index contributed by atoms with van der Waals surface area (Å²) in [7, 11) is 1.55. The van der Waals surface area contributed by atoms with E-state index in [9.17, 15) is 0 Å². The lowest BCUT2D eigenvalue weighted by atomic mass is 9.82. The molecule has 4 nitrogen and oxygen atoms in total. The Hall–Kier alpha value is -0.805. The molecule has 1 aromatic rings. The largest absolute Gasteiger partial charge is 0.516 e. The Morgan fingerprint density at radius 3 is 2.06 bits per heavy atom. The molecule has 16 heavy (non-hydrogen) atoms. The molecule has 0 atom stereocenters. The molecular weight excluding hydrogens is 203 g/mol. The average Bonchev–Trinajstić information content (AvgIpc) is 2.51. The number of hydrogen-bond acceptors (Lipinski definition) is 3. The van der Waals surface area contributed by atoms with Gasteiger partial charge in [0.15, 0.2) is 0 Å². The minimum atomic E-state index is -0.355. The summed E-state index contributed by atoms with van der Waals surface area (Å²) < 4.78 is 13.7. The lowest BCUT2D eigenvalue weighted by molar-refractivity contribution is 0.00578. The van der Waals surface area contributed by atoms with Crippen molar-refractivity contribution in [3.05, 3.63) is 11.8 Å². The standard InChI is InChI=1S/C11H19BN2O2/c1-8-7-14(6)13-9(8)12-15-10(2,3)11(4,5)16-12/h7H,1-6H3. The van der Waals surface area contributed by atoms with E-state index in [0.29, 0.717) is 0 Å². The summed E-state index contributed by atoms with van der Waals surface area (Å²) in [5.74, 6) is 0. The van der Waals surface area contributed by atoms with Crippen molar-refractivity contribution in [2.45, 2.75) is 45.8 Å². The molecule has 0 saturated carbocycles. The van der Waals surface area contributed by atoms with E-state index in [-0.39, 0.29) is 18.3 Å². The third-order valence-corrected chi connectivity index (χ3v) is 3.53. The zero-order chi connectivity index (χ0) is 12.1. The SMILES string of the molecule is Cc1cn(C)nc1B1OC(C)(C)C(C)(C)O1. The van der Waals surface area contributed by atoms with Crippen LogP contribution in [-0.2, 0) is 16.4 Å². The van der Waals surface area contributed by atoms with Crippen molar-refractivity contribution in [3.8, 4) is 0 Å². The van der Waals surface area contributed by atoms with Gasteiger partial charge >= 0.3 is 7.12 Å². The predicted octanol–water partition coefficient (Wildman–Crippen LogP) is 1.03. The molecule has 0 aromatic carbocycles. The van der Waals surface area contributed by atoms with Gasteiger partial charge in [-0.2, -0.15) is 5.10 Å². The molecule has 5 heteroatoms. The predicted molar refractivity (Wildman–Crippen MR) is 63.7 cm³/mol. The molecule has 1 fully saturated rings. The first-order valence-corrected chi connectivity index (χ1v) is 5.59. The first-order valence-electron chi connectivity index (χ1n) is 5.59. The zero-order valence-corrected chi connectivity index (χ0v) is 10.9. The topological polar surface area (TPSA) is 36.3 Å². The molecule has 0 aliphatic carbocycles. The Kier molecular flexibility index (Phi) is 2.44. The van der Waals surface area contributed by atoms with Gasteiger partial charge in [0.25, 0.3) is 0 Å². The highest BCUT2D eigenvalue weighted by molar-refractivity contribution is 6.61. The van der Waals surface area contributed by atoms with Crippen LogP contribution >= 0.6 is 0 Å². The molecule has 1 saturated heterocycles. The molecule has 0 amide bonds. The molecule has 88 valence electrons. The Morgan fingerprint density at radius 1 is 1.19 bits per heavy atom. The molecule has 1 aliphatic heterocycles. The summed E-state index contributed by atoms with van der Waals surface area (Å²) in [6.07, 6.45) is 1.97. The quantitative estimate of drug-likeness (QED) is 0.666. The van der Waals surface area contributed by atoms with Crippen LogP contribution in [0.2, 0.25) is 0 Å². The lowest BCUT2D eigenvalue weighted by Crippen LogP contribution is -2.41. The maximum atomic E-state index is 5.95. The van der Waals surface area contributed by atoms with Crippen LogP contribution in [0.3, 0.4) is 0 Å². The van der Waals surface area contributed by atoms with E-state index in [0.717, 1.165) is 11.2 Å². The summed E-state index contributed by atoms with van der Waals surface area (Å²) >= 11 is 0. The highest BCUT2D eigenvalue weighted by Crippen LogP contribution is 2.36. The number of aryl methyl sites for hydroxylation is 2. The van der Waals surface area contributed by atoms with Gasteiger partial charge in [-0.15, -0.1) is 0 Å². The van der Waals surface area contributed by atoms with Crippen molar-refractivity contribution in [1.29, 1.82) is 0 Å². The van der Waals surface area contributed by atoms with Crippen LogP contribution in [0.1, 0.15) is 33.3 Å². The molecule has 2 rings (SSSR count). The molecule has 0 radical (unpaired) electrons. The summed E-state index contributed by atoms with van der Waals surface area (Å²) in [5, 5.41) is 4.39. The summed E-state index contributed by atoms with van der Waals surface area (Å²) in [5.41, 5.74) is 1.37. The van der Waals surface area contributed by atoms with Crippen molar-refractivity contribution >= 4 is 12.7 Å². The molecule has 0 unspecified atom stereocenters. The maximum Gasteiger partial charge on any atom is 0.516 e. The van der Waals surface area contributed by atoms with Crippen LogP contribution in [0, 0.1) is 6.92 Å². The van der Waals surface area contributed by atoms with Crippen molar-refractivity contribution in [2.24, 2.45) is 7.05 Å². The molecule has 0 bridgehead atoms. The fraction of sp³-hybridized carbons (Fsp3) is 0.727. The first kappa shape index (κ1) is 11.7. The zero-order valence-electron chi connectivity index (χ0n) is 10.9. The van der Waals surface area contributed by atoms with Crippen molar-refractivity contribution in [1.82, 2.24) is 9.78 Å². The minimum Gasteiger partial charge on any atom is -0.398 e. The van der Waals surface area contributed by atoms with Crippen LogP contribution in [0.5, 0.6) is 0 Å². The minimum absolute atomic E-state index is 0.304. The lowest BCUT2D eigenvalue weighted by Gasteiger charge is -2.32. The van der Waals surface area contributed by atoms with Crippen LogP contribution in [0.25, 0.3) is 0 Å². The van der Waals surface area contributed by atoms with E-state index in [2.05, 4.69) is 5.10 Å². The van der Waals surface area contributed by atoms with Crippen molar-refractivity contribution in [2.75, 3.05) is 0 Å². The van der Waals surface area contributed by atoms with E-state index < -0.39 is 0 Å². The summed E-state index contributed by atoms with van der Waals surface area (Å²) in [6, 6.07) is 0. The van der Waals surface area contributed by atoms with Gasteiger partial charge in [0, 0.05) is 13.2 Å². The van der Waals surface area contributed by atoms with E-state index in [1.807, 2.05) is 47.9 Å². The smallest absolute Gasteiger partial charge is 0.398 e. The summed E-state index contributed by atoms with van der Waals surface area (Å²) in [6.45, 7) is 10.2. The molecule has 0 N–H and O–H groups in total. The van der Waals surface area contributed by atoms with Crippen molar-refractivity contribution in [3.63, 3.8) is 0 Å². The third-order valence-electron chi connectivity index (χ3n) is 3.53. The fourth-order valence-electron chi connectivity index (χ4n) is 1.81. The number of nitrogens with zero attached hydrogens (tertiary/aromatic N) is 2. The molecule has 1 aliphatic rings. The molecular formula is C11H19BN2O2. The van der Waals surface area contributed by atoms with Crippen LogP contribution in [0.4, 0.5) is 0 Å². The highest BCUT2D eigenvalue weighted by Gasteiger charge is 2.53. The molecule has 1 aromatic heterocycles. The average molecular weight is 222 g/mol. The fourth-order valence-corrected chi connectivity index (χ4v) is 1.81. The van der Waals surface area contributed by atoms with Gasteiger partial charge in [0.1, 0.15) is 0 Å². The van der Waals surface area contributed by atoms with E-state index in [1.165, 1.54) is 0 Å². The van der Waals surface area contributed by atoms with Gasteiger partial charge in [-0.3, -0.25) is 4.68 Å². The van der Waals surface area contributed by atoms with Crippen LogP contribution in [-0.4, -0.2) is 28.1 Å². The third kappa shape index (κ3) is 1.68. The normalized spacial score (nSPS) is 22.8.